The first kappa shape index (κ1) is 11.3. The average molecular weight is 304 g/mol. The maximum absolute atomic E-state index is 4.64. The van der Waals surface area contributed by atoms with Gasteiger partial charge in [-0.3, -0.25) is 0 Å². The highest BCUT2D eigenvalue weighted by Gasteiger charge is 2.16. The molecule has 0 saturated carbocycles. The molecule has 0 N–H and O–H groups in total. The second kappa shape index (κ2) is 4.22. The smallest absolute Gasteiger partial charge is 0.181 e. The van der Waals surface area contributed by atoms with Crippen LogP contribution in [0.3, 0.4) is 0 Å². The lowest BCUT2D eigenvalue weighted by Gasteiger charge is -1.93. The Hall–Kier alpha value is -1.57. The van der Waals surface area contributed by atoms with Gasteiger partial charge in [0, 0.05) is 0 Å². The molecule has 4 aromatic rings. The van der Waals surface area contributed by atoms with E-state index in [1.807, 2.05) is 10.6 Å². The molecule has 94 valence electrons. The van der Waals surface area contributed by atoms with Crippen molar-refractivity contribution in [1.29, 1.82) is 0 Å². The van der Waals surface area contributed by atoms with Gasteiger partial charge in [0.15, 0.2) is 10.8 Å². The van der Waals surface area contributed by atoms with Gasteiger partial charge in [0.2, 0.25) is 4.96 Å². The van der Waals surface area contributed by atoms with E-state index in [-0.39, 0.29) is 0 Å². The first-order valence-electron chi connectivity index (χ1n) is 5.63. The maximum atomic E-state index is 4.64. The first-order valence-corrected chi connectivity index (χ1v) is 8.21. The first-order chi connectivity index (χ1) is 9.33. The highest BCUT2D eigenvalue weighted by atomic mass is 32.1. The fourth-order valence-corrected chi connectivity index (χ4v) is 4.39. The predicted molar refractivity (Wildman–Crippen MR) is 80.0 cm³/mol. The number of thiophene rings is 2. The van der Waals surface area contributed by atoms with E-state index in [9.17, 15) is 0 Å². The van der Waals surface area contributed by atoms with E-state index < -0.39 is 0 Å². The normalized spacial score (nSPS) is 11.4. The van der Waals surface area contributed by atoms with Gasteiger partial charge < -0.3 is 0 Å². The SMILES string of the molecule is Cc1ccsc1-c1nnc2sc(-c3cccs3)nn12. The second-order valence-electron chi connectivity index (χ2n) is 4.04. The number of hydrogen-bond donors (Lipinski definition) is 0. The molecule has 0 saturated heterocycles. The van der Waals surface area contributed by atoms with Crippen LogP contribution in [0.15, 0.2) is 29.0 Å². The zero-order valence-electron chi connectivity index (χ0n) is 9.90. The third-order valence-corrected chi connectivity index (χ3v) is 5.74. The molecule has 0 amide bonds. The molecule has 0 aliphatic carbocycles. The molecule has 4 heterocycles. The van der Waals surface area contributed by atoms with Crippen LogP contribution in [-0.2, 0) is 0 Å². The maximum Gasteiger partial charge on any atom is 0.235 e. The number of aromatic nitrogens is 4. The Bertz CT molecular complexity index is 838. The quantitative estimate of drug-likeness (QED) is 0.563. The summed E-state index contributed by atoms with van der Waals surface area (Å²) >= 11 is 4.94. The lowest BCUT2D eigenvalue weighted by molar-refractivity contribution is 0.974. The minimum Gasteiger partial charge on any atom is -0.181 e. The van der Waals surface area contributed by atoms with Crippen LogP contribution in [0.4, 0.5) is 0 Å². The Morgan fingerprint density at radius 1 is 1.11 bits per heavy atom. The topological polar surface area (TPSA) is 43.1 Å². The van der Waals surface area contributed by atoms with Crippen LogP contribution in [0, 0.1) is 6.92 Å². The van der Waals surface area contributed by atoms with Crippen molar-refractivity contribution in [1.82, 2.24) is 19.8 Å². The molecular weight excluding hydrogens is 296 g/mol. The van der Waals surface area contributed by atoms with Crippen LogP contribution in [0.1, 0.15) is 5.56 Å². The van der Waals surface area contributed by atoms with Gasteiger partial charge in [-0.1, -0.05) is 17.4 Å². The molecule has 0 spiro atoms. The molecule has 0 unspecified atom stereocenters. The summed E-state index contributed by atoms with van der Waals surface area (Å²) in [5, 5.41) is 18.2. The fraction of sp³-hybridized carbons (Fsp3) is 0.0833. The van der Waals surface area contributed by atoms with Crippen LogP contribution >= 0.6 is 34.0 Å². The lowest BCUT2D eigenvalue weighted by Crippen LogP contribution is -1.89. The van der Waals surface area contributed by atoms with Crippen LogP contribution in [0.5, 0.6) is 0 Å². The summed E-state index contributed by atoms with van der Waals surface area (Å²) in [6.45, 7) is 2.08. The monoisotopic (exact) mass is 304 g/mol. The Morgan fingerprint density at radius 3 is 2.79 bits per heavy atom. The number of aryl methyl sites for hydroxylation is 1. The summed E-state index contributed by atoms with van der Waals surface area (Å²) in [6.07, 6.45) is 0. The minimum atomic E-state index is 0.835. The van der Waals surface area contributed by atoms with Gasteiger partial charge in [0.1, 0.15) is 0 Å². The van der Waals surface area contributed by atoms with Crippen molar-refractivity contribution in [3.8, 4) is 20.6 Å². The van der Waals surface area contributed by atoms with E-state index in [1.54, 1.807) is 34.0 Å². The average Bonchev–Trinajstić information content (AvgIpc) is 3.11. The van der Waals surface area contributed by atoms with Crippen molar-refractivity contribution in [2.75, 3.05) is 0 Å². The Morgan fingerprint density at radius 2 is 2.05 bits per heavy atom. The fourth-order valence-electron chi connectivity index (χ4n) is 1.86. The molecule has 4 aromatic heterocycles. The van der Waals surface area contributed by atoms with E-state index in [0.717, 1.165) is 20.7 Å². The molecule has 0 bridgehead atoms. The van der Waals surface area contributed by atoms with Crippen molar-refractivity contribution in [2.45, 2.75) is 6.92 Å². The van der Waals surface area contributed by atoms with Crippen LogP contribution in [0.25, 0.3) is 25.5 Å². The van der Waals surface area contributed by atoms with Gasteiger partial charge in [-0.2, -0.15) is 9.61 Å². The van der Waals surface area contributed by atoms with Crippen molar-refractivity contribution in [3.05, 3.63) is 34.5 Å². The zero-order valence-corrected chi connectivity index (χ0v) is 12.3. The molecular formula is C12H8N4S3. The molecule has 4 rings (SSSR count). The summed E-state index contributed by atoms with van der Waals surface area (Å²) in [4.78, 5) is 3.14. The van der Waals surface area contributed by atoms with Crippen LogP contribution in [0.2, 0.25) is 0 Å². The highest BCUT2D eigenvalue weighted by Crippen LogP contribution is 2.32. The summed E-state index contributed by atoms with van der Waals surface area (Å²) < 4.78 is 1.85. The van der Waals surface area contributed by atoms with Gasteiger partial charge in [0.25, 0.3) is 0 Å². The number of rotatable bonds is 2. The van der Waals surface area contributed by atoms with Crippen molar-refractivity contribution in [2.24, 2.45) is 0 Å². The summed E-state index contributed by atoms with van der Waals surface area (Å²) in [5.74, 6) is 0.835. The molecule has 0 aliphatic heterocycles. The highest BCUT2D eigenvalue weighted by molar-refractivity contribution is 7.23. The predicted octanol–water partition coefficient (Wildman–Crippen LogP) is 3.95. The van der Waals surface area contributed by atoms with Crippen molar-refractivity contribution in [3.63, 3.8) is 0 Å². The van der Waals surface area contributed by atoms with Gasteiger partial charge in [-0.15, -0.1) is 32.9 Å². The molecule has 0 atom stereocenters. The summed E-state index contributed by atoms with van der Waals surface area (Å²) in [5.41, 5.74) is 1.21. The summed E-state index contributed by atoms with van der Waals surface area (Å²) in [7, 11) is 0. The van der Waals surface area contributed by atoms with Gasteiger partial charge in [-0.25, -0.2) is 0 Å². The molecule has 7 heteroatoms. The zero-order chi connectivity index (χ0) is 12.8. The third kappa shape index (κ3) is 1.73. The van der Waals surface area contributed by atoms with Crippen molar-refractivity contribution < 1.29 is 0 Å². The second-order valence-corrected chi connectivity index (χ2v) is 6.86. The molecule has 19 heavy (non-hydrogen) atoms. The lowest BCUT2D eigenvalue weighted by atomic mass is 10.3. The van der Waals surface area contributed by atoms with Crippen LogP contribution in [-0.4, -0.2) is 19.8 Å². The standard InChI is InChI=1S/C12H8N4S3/c1-7-4-6-18-9(7)10-13-14-12-16(10)15-11(19-12)8-3-2-5-17-8/h2-6H,1H3. The van der Waals surface area contributed by atoms with Gasteiger partial charge in [0.05, 0.1) is 9.75 Å². The Kier molecular flexibility index (Phi) is 2.51. The third-order valence-electron chi connectivity index (χ3n) is 2.79. The molecule has 0 radical (unpaired) electrons. The number of hydrogen-bond acceptors (Lipinski definition) is 6. The Balaban J connectivity index is 1.92. The molecule has 0 aromatic carbocycles. The van der Waals surface area contributed by atoms with Crippen LogP contribution < -0.4 is 0 Å². The minimum absolute atomic E-state index is 0.835. The number of fused-ring (bicyclic) bond motifs is 1. The molecule has 4 nitrogen and oxygen atoms in total. The van der Waals surface area contributed by atoms with Gasteiger partial charge >= 0.3 is 0 Å². The van der Waals surface area contributed by atoms with E-state index in [4.69, 9.17) is 0 Å². The van der Waals surface area contributed by atoms with E-state index in [0.29, 0.717) is 0 Å². The van der Waals surface area contributed by atoms with E-state index in [1.165, 1.54) is 10.4 Å². The van der Waals surface area contributed by atoms with Crippen molar-refractivity contribution >= 4 is 39.0 Å². The van der Waals surface area contributed by atoms with E-state index >= 15 is 0 Å². The Labute approximate surface area is 121 Å². The summed E-state index contributed by atoms with van der Waals surface area (Å²) in [6, 6.07) is 6.20. The van der Waals surface area contributed by atoms with E-state index in [2.05, 4.69) is 45.1 Å². The molecule has 0 aliphatic rings. The number of nitrogens with zero attached hydrogens (tertiary/aromatic N) is 4. The van der Waals surface area contributed by atoms with Gasteiger partial charge in [-0.05, 0) is 35.4 Å². The largest absolute Gasteiger partial charge is 0.235 e. The molecule has 0 fully saturated rings.